The van der Waals surface area contributed by atoms with E-state index in [2.05, 4.69) is 47.5 Å². The summed E-state index contributed by atoms with van der Waals surface area (Å²) in [5, 5.41) is 3.00. The van der Waals surface area contributed by atoms with Crippen molar-refractivity contribution in [2.45, 2.75) is 70.6 Å². The highest BCUT2D eigenvalue weighted by atomic mass is 16.5. The van der Waals surface area contributed by atoms with E-state index in [4.69, 9.17) is 9.47 Å². The zero-order valence-electron chi connectivity index (χ0n) is 20.8. The number of fused-ring (bicyclic) bond motifs is 1. The molecular formula is C29H36N2O4. The smallest absolute Gasteiger partial charge is 0.261 e. The second kappa shape index (κ2) is 10.4. The van der Waals surface area contributed by atoms with Crippen LogP contribution in [0.3, 0.4) is 0 Å². The molecule has 1 N–H and O–H groups in total. The highest BCUT2D eigenvalue weighted by Crippen LogP contribution is 2.41. The second-order valence-corrected chi connectivity index (χ2v) is 10.1. The normalized spacial score (nSPS) is 22.4. The van der Waals surface area contributed by atoms with Gasteiger partial charge in [-0.15, -0.1) is 0 Å². The van der Waals surface area contributed by atoms with E-state index in [1.807, 2.05) is 19.1 Å². The molecule has 2 heterocycles. The predicted octanol–water partition coefficient (Wildman–Crippen LogP) is 4.33. The molecule has 2 aromatic carbocycles. The van der Waals surface area contributed by atoms with Crippen molar-refractivity contribution in [3.8, 4) is 5.75 Å². The Kier molecular flexibility index (Phi) is 7.09. The molecule has 1 saturated carbocycles. The zero-order chi connectivity index (χ0) is 24.4. The summed E-state index contributed by atoms with van der Waals surface area (Å²) < 4.78 is 11.8. The van der Waals surface area contributed by atoms with Gasteiger partial charge in [-0.2, -0.15) is 0 Å². The minimum absolute atomic E-state index is 0.102. The Balaban J connectivity index is 1.39. The lowest BCUT2D eigenvalue weighted by atomic mass is 9.87. The van der Waals surface area contributed by atoms with E-state index in [1.165, 1.54) is 11.1 Å². The predicted molar refractivity (Wildman–Crippen MR) is 134 cm³/mol. The maximum absolute atomic E-state index is 13.2. The molecule has 6 heteroatoms. The van der Waals surface area contributed by atoms with Crippen LogP contribution in [0, 0.1) is 12.8 Å². The van der Waals surface area contributed by atoms with E-state index in [9.17, 15) is 9.59 Å². The summed E-state index contributed by atoms with van der Waals surface area (Å²) in [5.41, 5.74) is 4.64. The first kappa shape index (κ1) is 23.9. The van der Waals surface area contributed by atoms with Crippen molar-refractivity contribution < 1.29 is 19.1 Å². The molecule has 5 rings (SSSR count). The fourth-order valence-electron chi connectivity index (χ4n) is 5.29. The Morgan fingerprint density at radius 3 is 2.74 bits per heavy atom. The number of nitrogens with one attached hydrogen (secondary N) is 1. The molecule has 3 atom stereocenters. The average Bonchev–Trinajstić information content (AvgIpc) is 3.59. The number of ether oxygens (including phenoxy) is 2. The van der Waals surface area contributed by atoms with Crippen LogP contribution in [-0.4, -0.2) is 48.6 Å². The van der Waals surface area contributed by atoms with Crippen LogP contribution < -0.4 is 10.1 Å². The van der Waals surface area contributed by atoms with Gasteiger partial charge in [0.1, 0.15) is 5.75 Å². The SMILES string of the molecule is CC[C@H](Oc1ccc2c(c1)[C@@H](c1cccc(C)c1)N(C(=O)C1CC1)CC2)C(=O)NC[C@@H]1CCCO1. The van der Waals surface area contributed by atoms with Crippen molar-refractivity contribution in [1.82, 2.24) is 10.2 Å². The van der Waals surface area contributed by atoms with Crippen molar-refractivity contribution in [3.05, 3.63) is 64.7 Å². The standard InChI is InChI=1S/C29H36N2O4/c1-3-26(28(32)30-18-24-8-5-15-34-24)35-23-12-11-20-13-14-31(29(33)21-9-10-21)27(25(20)17-23)22-7-4-6-19(2)16-22/h4,6-7,11-12,16-17,21,24,26-27H,3,5,8-10,13-15,18H2,1-2H3,(H,30,32)/t24-,26-,27+/m0/s1. The van der Waals surface area contributed by atoms with Crippen LogP contribution in [0.1, 0.15) is 67.3 Å². The van der Waals surface area contributed by atoms with E-state index in [0.717, 1.165) is 56.4 Å². The summed E-state index contributed by atoms with van der Waals surface area (Å²) in [4.78, 5) is 28.1. The monoisotopic (exact) mass is 476 g/mol. The summed E-state index contributed by atoms with van der Waals surface area (Å²) >= 11 is 0. The van der Waals surface area contributed by atoms with Crippen molar-refractivity contribution in [3.63, 3.8) is 0 Å². The van der Waals surface area contributed by atoms with Gasteiger partial charge in [0.2, 0.25) is 5.91 Å². The molecule has 1 aliphatic carbocycles. The Labute approximate surface area is 208 Å². The minimum Gasteiger partial charge on any atom is -0.481 e. The van der Waals surface area contributed by atoms with Gasteiger partial charge in [0.05, 0.1) is 12.1 Å². The number of hydrogen-bond acceptors (Lipinski definition) is 4. The highest BCUT2D eigenvalue weighted by molar-refractivity contribution is 5.82. The largest absolute Gasteiger partial charge is 0.481 e. The molecule has 0 spiro atoms. The topological polar surface area (TPSA) is 67.9 Å². The van der Waals surface area contributed by atoms with Gasteiger partial charge in [-0.3, -0.25) is 9.59 Å². The van der Waals surface area contributed by atoms with Crippen molar-refractivity contribution in [1.29, 1.82) is 0 Å². The number of nitrogens with zero attached hydrogens (tertiary/aromatic N) is 1. The van der Waals surface area contributed by atoms with Crippen LogP contribution in [0.15, 0.2) is 42.5 Å². The molecular weight excluding hydrogens is 440 g/mol. The van der Waals surface area contributed by atoms with Gasteiger partial charge in [-0.25, -0.2) is 0 Å². The lowest BCUT2D eigenvalue weighted by molar-refractivity contribution is -0.134. The van der Waals surface area contributed by atoms with Gasteiger partial charge in [0.25, 0.3) is 5.91 Å². The van der Waals surface area contributed by atoms with Gasteiger partial charge in [0.15, 0.2) is 6.10 Å². The average molecular weight is 477 g/mol. The molecule has 2 aromatic rings. The van der Waals surface area contributed by atoms with E-state index >= 15 is 0 Å². The fraction of sp³-hybridized carbons (Fsp3) is 0.517. The molecule has 2 fully saturated rings. The molecule has 0 bridgehead atoms. The highest BCUT2D eigenvalue weighted by Gasteiger charge is 2.39. The first-order chi connectivity index (χ1) is 17.0. The van der Waals surface area contributed by atoms with Crippen molar-refractivity contribution in [2.75, 3.05) is 19.7 Å². The Morgan fingerprint density at radius 1 is 1.17 bits per heavy atom. The Morgan fingerprint density at radius 2 is 2.03 bits per heavy atom. The fourth-order valence-corrected chi connectivity index (χ4v) is 5.29. The lowest BCUT2D eigenvalue weighted by Crippen LogP contribution is -2.42. The van der Waals surface area contributed by atoms with Crippen molar-refractivity contribution >= 4 is 11.8 Å². The number of hydrogen-bond donors (Lipinski definition) is 1. The van der Waals surface area contributed by atoms with Gasteiger partial charge in [-0.05, 0) is 74.3 Å². The van der Waals surface area contributed by atoms with Gasteiger partial charge in [-0.1, -0.05) is 42.8 Å². The van der Waals surface area contributed by atoms with Crippen LogP contribution in [0.5, 0.6) is 5.75 Å². The number of carbonyl (C=O) groups excluding carboxylic acids is 2. The summed E-state index contributed by atoms with van der Waals surface area (Å²) in [6.45, 7) is 6.06. The molecule has 0 unspecified atom stereocenters. The quantitative estimate of drug-likeness (QED) is 0.616. The third kappa shape index (κ3) is 5.37. The first-order valence-electron chi connectivity index (χ1n) is 13.1. The van der Waals surface area contributed by atoms with Crippen LogP contribution in [0.25, 0.3) is 0 Å². The summed E-state index contributed by atoms with van der Waals surface area (Å²) in [6.07, 6.45) is 4.95. The maximum Gasteiger partial charge on any atom is 0.261 e. The number of benzene rings is 2. The first-order valence-corrected chi connectivity index (χ1v) is 13.1. The molecule has 0 radical (unpaired) electrons. The van der Waals surface area contributed by atoms with Gasteiger partial charge >= 0.3 is 0 Å². The van der Waals surface area contributed by atoms with Gasteiger partial charge in [0, 0.05) is 25.6 Å². The van der Waals surface area contributed by atoms with E-state index in [0.29, 0.717) is 18.7 Å². The van der Waals surface area contributed by atoms with E-state index in [-0.39, 0.29) is 29.9 Å². The molecule has 1 saturated heterocycles. The third-order valence-corrected chi connectivity index (χ3v) is 7.38. The summed E-state index contributed by atoms with van der Waals surface area (Å²) in [6, 6.07) is 14.4. The maximum atomic E-state index is 13.2. The molecule has 2 aliphatic heterocycles. The molecule has 6 nitrogen and oxygen atoms in total. The molecule has 186 valence electrons. The number of amides is 2. The minimum atomic E-state index is -0.570. The van der Waals surface area contributed by atoms with Crippen molar-refractivity contribution in [2.24, 2.45) is 5.92 Å². The lowest BCUT2D eigenvalue weighted by Gasteiger charge is -2.38. The third-order valence-electron chi connectivity index (χ3n) is 7.38. The van der Waals surface area contributed by atoms with E-state index < -0.39 is 6.10 Å². The molecule has 35 heavy (non-hydrogen) atoms. The van der Waals surface area contributed by atoms with Gasteiger partial charge < -0.3 is 19.7 Å². The number of rotatable bonds is 8. The van der Waals surface area contributed by atoms with Crippen LogP contribution in [-0.2, 0) is 20.7 Å². The molecule has 2 amide bonds. The molecule has 3 aliphatic rings. The Hall–Kier alpha value is -2.86. The Bertz CT molecular complexity index is 1070. The second-order valence-electron chi connectivity index (χ2n) is 10.1. The van der Waals surface area contributed by atoms with Crippen LogP contribution in [0.2, 0.25) is 0 Å². The summed E-state index contributed by atoms with van der Waals surface area (Å²) in [7, 11) is 0. The number of aryl methyl sites for hydroxylation is 1. The van der Waals surface area contributed by atoms with Crippen LogP contribution >= 0.6 is 0 Å². The summed E-state index contributed by atoms with van der Waals surface area (Å²) in [5.74, 6) is 0.983. The molecule has 0 aromatic heterocycles. The van der Waals surface area contributed by atoms with E-state index in [1.54, 1.807) is 0 Å². The zero-order valence-corrected chi connectivity index (χ0v) is 20.8. The number of carbonyl (C=O) groups is 2. The van der Waals surface area contributed by atoms with Crippen LogP contribution in [0.4, 0.5) is 0 Å².